The minimum atomic E-state index is 0.116. The van der Waals surface area contributed by atoms with Crippen LogP contribution >= 0.6 is 0 Å². The number of nitrogens with zero attached hydrogens (tertiary/aromatic N) is 1. The monoisotopic (exact) mass is 224 g/mol. The van der Waals surface area contributed by atoms with Crippen molar-refractivity contribution >= 4 is 0 Å². The van der Waals surface area contributed by atoms with Crippen LogP contribution in [0.15, 0.2) is 10.6 Å². The Labute approximate surface area is 96.4 Å². The van der Waals surface area contributed by atoms with E-state index in [1.54, 1.807) is 0 Å². The Kier molecular flexibility index (Phi) is 3.96. The molecule has 4 heteroatoms. The Balaban J connectivity index is 1.91. The Hall–Kier alpha value is -0.870. The molecule has 0 saturated carbocycles. The molecular weight excluding hydrogens is 204 g/mol. The van der Waals surface area contributed by atoms with Gasteiger partial charge in [0, 0.05) is 13.0 Å². The minimum Gasteiger partial charge on any atom is -0.443 e. The van der Waals surface area contributed by atoms with Gasteiger partial charge >= 0.3 is 0 Å². The summed E-state index contributed by atoms with van der Waals surface area (Å²) >= 11 is 0. The molecule has 1 aliphatic heterocycles. The third-order valence-electron chi connectivity index (χ3n) is 3.06. The molecule has 90 valence electrons. The van der Waals surface area contributed by atoms with Gasteiger partial charge in [-0.05, 0) is 32.4 Å². The first-order valence-electron chi connectivity index (χ1n) is 6.02. The zero-order valence-corrected chi connectivity index (χ0v) is 10.0. The van der Waals surface area contributed by atoms with Crippen LogP contribution in [-0.2, 0) is 11.2 Å². The molecule has 16 heavy (non-hydrogen) atoms. The summed E-state index contributed by atoms with van der Waals surface area (Å²) in [6.45, 7) is 4.02. The molecule has 2 rings (SSSR count). The lowest BCUT2D eigenvalue weighted by molar-refractivity contribution is 0.0749. The van der Waals surface area contributed by atoms with E-state index < -0.39 is 0 Å². The van der Waals surface area contributed by atoms with Crippen LogP contribution in [-0.4, -0.2) is 25.2 Å². The first kappa shape index (κ1) is 11.6. The molecule has 0 radical (unpaired) electrons. The van der Waals surface area contributed by atoms with E-state index in [-0.39, 0.29) is 6.10 Å². The van der Waals surface area contributed by atoms with Gasteiger partial charge in [0.2, 0.25) is 0 Å². The van der Waals surface area contributed by atoms with E-state index in [0.29, 0.717) is 5.92 Å². The van der Waals surface area contributed by atoms with E-state index in [4.69, 9.17) is 9.15 Å². The topological polar surface area (TPSA) is 47.3 Å². The molecule has 0 spiro atoms. The van der Waals surface area contributed by atoms with Gasteiger partial charge in [-0.2, -0.15) is 0 Å². The average Bonchev–Trinajstić information content (AvgIpc) is 2.87. The maximum absolute atomic E-state index is 5.72. The summed E-state index contributed by atoms with van der Waals surface area (Å²) < 4.78 is 11.4. The lowest BCUT2D eigenvalue weighted by Crippen LogP contribution is -2.08. The highest BCUT2D eigenvalue weighted by Crippen LogP contribution is 2.34. The molecule has 1 aromatic heterocycles. The molecule has 1 aliphatic rings. The zero-order valence-electron chi connectivity index (χ0n) is 10.0. The molecule has 1 N–H and O–H groups in total. The number of ether oxygens (including phenoxy) is 1. The molecule has 0 amide bonds. The van der Waals surface area contributed by atoms with Gasteiger partial charge < -0.3 is 14.5 Å². The normalized spacial score (nSPS) is 25.1. The number of hydrogen-bond donors (Lipinski definition) is 1. The molecule has 0 aromatic carbocycles. The SMILES string of the molecule is CNCCCc1ncc(C2OCCC2C)o1. The molecular formula is C12H20N2O2. The van der Waals surface area contributed by atoms with Crippen LogP contribution in [0.2, 0.25) is 0 Å². The molecule has 2 atom stereocenters. The molecule has 0 bridgehead atoms. The summed E-state index contributed by atoms with van der Waals surface area (Å²) in [6.07, 6.45) is 4.99. The average molecular weight is 224 g/mol. The van der Waals surface area contributed by atoms with Crippen molar-refractivity contribution in [3.63, 3.8) is 0 Å². The van der Waals surface area contributed by atoms with E-state index in [1.807, 2.05) is 13.2 Å². The van der Waals surface area contributed by atoms with Crippen LogP contribution in [0.4, 0.5) is 0 Å². The number of rotatable bonds is 5. The number of hydrogen-bond acceptors (Lipinski definition) is 4. The third-order valence-corrected chi connectivity index (χ3v) is 3.06. The summed E-state index contributed by atoms with van der Waals surface area (Å²) in [5.41, 5.74) is 0. The second-order valence-corrected chi connectivity index (χ2v) is 4.42. The van der Waals surface area contributed by atoms with Crippen LogP contribution in [0.5, 0.6) is 0 Å². The largest absolute Gasteiger partial charge is 0.443 e. The van der Waals surface area contributed by atoms with Crippen molar-refractivity contribution in [2.45, 2.75) is 32.3 Å². The van der Waals surface area contributed by atoms with Crippen molar-refractivity contribution in [2.24, 2.45) is 5.92 Å². The number of nitrogens with one attached hydrogen (secondary N) is 1. The van der Waals surface area contributed by atoms with Gasteiger partial charge in [-0.1, -0.05) is 6.92 Å². The van der Waals surface area contributed by atoms with Gasteiger partial charge in [0.25, 0.3) is 0 Å². The molecule has 0 aliphatic carbocycles. The van der Waals surface area contributed by atoms with Crippen molar-refractivity contribution in [2.75, 3.05) is 20.2 Å². The van der Waals surface area contributed by atoms with E-state index in [1.165, 1.54) is 0 Å². The first-order valence-corrected chi connectivity index (χ1v) is 6.02. The highest BCUT2D eigenvalue weighted by molar-refractivity contribution is 5.01. The van der Waals surface area contributed by atoms with Gasteiger partial charge in [-0.3, -0.25) is 0 Å². The van der Waals surface area contributed by atoms with E-state index in [2.05, 4.69) is 17.2 Å². The highest BCUT2D eigenvalue weighted by Gasteiger charge is 2.28. The number of aromatic nitrogens is 1. The van der Waals surface area contributed by atoms with Crippen molar-refractivity contribution < 1.29 is 9.15 Å². The summed E-state index contributed by atoms with van der Waals surface area (Å²) in [5, 5.41) is 3.11. The molecule has 1 aromatic rings. The van der Waals surface area contributed by atoms with Gasteiger partial charge in [-0.25, -0.2) is 4.98 Å². The summed E-state index contributed by atoms with van der Waals surface area (Å²) in [7, 11) is 1.95. The fourth-order valence-electron chi connectivity index (χ4n) is 2.05. The van der Waals surface area contributed by atoms with E-state index in [9.17, 15) is 0 Å². The summed E-state index contributed by atoms with van der Waals surface area (Å²) in [6, 6.07) is 0. The summed E-state index contributed by atoms with van der Waals surface area (Å²) in [5.74, 6) is 2.26. The predicted molar refractivity (Wildman–Crippen MR) is 61.2 cm³/mol. The Morgan fingerprint density at radius 1 is 1.56 bits per heavy atom. The Bertz CT molecular complexity index is 325. The van der Waals surface area contributed by atoms with Gasteiger partial charge in [0.1, 0.15) is 6.10 Å². The standard InChI is InChI=1S/C12H20N2O2/c1-9-5-7-15-12(9)10-8-14-11(16-10)4-3-6-13-2/h8-9,12-13H,3-7H2,1-2H3. The highest BCUT2D eigenvalue weighted by atomic mass is 16.5. The molecule has 1 saturated heterocycles. The molecule has 4 nitrogen and oxygen atoms in total. The second-order valence-electron chi connectivity index (χ2n) is 4.42. The second kappa shape index (κ2) is 5.46. The van der Waals surface area contributed by atoms with Crippen molar-refractivity contribution in [1.82, 2.24) is 10.3 Å². The number of aryl methyl sites for hydroxylation is 1. The Morgan fingerprint density at radius 3 is 3.12 bits per heavy atom. The van der Waals surface area contributed by atoms with Gasteiger partial charge in [0.05, 0.1) is 6.20 Å². The summed E-state index contributed by atoms with van der Waals surface area (Å²) in [4.78, 5) is 4.29. The smallest absolute Gasteiger partial charge is 0.194 e. The van der Waals surface area contributed by atoms with Crippen LogP contribution in [0.3, 0.4) is 0 Å². The van der Waals surface area contributed by atoms with Crippen LogP contribution in [0.1, 0.15) is 37.5 Å². The van der Waals surface area contributed by atoms with Crippen LogP contribution < -0.4 is 5.32 Å². The molecule has 1 fully saturated rings. The van der Waals surface area contributed by atoms with E-state index in [0.717, 1.165) is 44.1 Å². The van der Waals surface area contributed by atoms with Crippen molar-refractivity contribution in [3.8, 4) is 0 Å². The minimum absolute atomic E-state index is 0.116. The zero-order chi connectivity index (χ0) is 11.4. The quantitative estimate of drug-likeness (QED) is 0.776. The maximum atomic E-state index is 5.72. The number of oxazole rings is 1. The van der Waals surface area contributed by atoms with Crippen LogP contribution in [0.25, 0.3) is 0 Å². The van der Waals surface area contributed by atoms with Crippen molar-refractivity contribution in [3.05, 3.63) is 17.8 Å². The van der Waals surface area contributed by atoms with Crippen LogP contribution in [0, 0.1) is 5.92 Å². The first-order chi connectivity index (χ1) is 7.81. The third kappa shape index (κ3) is 2.62. The molecule has 2 unspecified atom stereocenters. The maximum Gasteiger partial charge on any atom is 0.194 e. The lowest BCUT2D eigenvalue weighted by Gasteiger charge is -2.10. The Morgan fingerprint density at radius 2 is 2.44 bits per heavy atom. The molecule has 2 heterocycles. The van der Waals surface area contributed by atoms with Gasteiger partial charge in [0.15, 0.2) is 11.7 Å². The van der Waals surface area contributed by atoms with Crippen molar-refractivity contribution in [1.29, 1.82) is 0 Å². The predicted octanol–water partition coefficient (Wildman–Crippen LogP) is 1.92. The van der Waals surface area contributed by atoms with Gasteiger partial charge in [-0.15, -0.1) is 0 Å². The lowest BCUT2D eigenvalue weighted by atomic mass is 10.0. The van der Waals surface area contributed by atoms with E-state index >= 15 is 0 Å². The fraction of sp³-hybridized carbons (Fsp3) is 0.750. The fourth-order valence-corrected chi connectivity index (χ4v) is 2.05.